The van der Waals surface area contributed by atoms with Crippen molar-refractivity contribution in [1.29, 1.82) is 0 Å². The van der Waals surface area contributed by atoms with Crippen molar-refractivity contribution in [3.05, 3.63) is 77.4 Å². The molecule has 2 aromatic rings. The largest absolute Gasteiger partial charge is 0.456 e. The first kappa shape index (κ1) is 16.1. The normalized spacial score (nSPS) is 24.4. The molecule has 2 bridgehead atoms. The van der Waals surface area contributed by atoms with Crippen LogP contribution in [0, 0.1) is 0 Å². The minimum atomic E-state index is -0.815. The van der Waals surface area contributed by atoms with E-state index in [0.29, 0.717) is 0 Å². The molecule has 2 aliphatic rings. The molecule has 0 radical (unpaired) electrons. The zero-order chi connectivity index (χ0) is 17.7. The molecule has 0 spiro atoms. The Bertz CT molecular complexity index is 851. The predicted molar refractivity (Wildman–Crippen MR) is 96.8 cm³/mol. The van der Waals surface area contributed by atoms with Crippen molar-refractivity contribution in [3.8, 4) is 0 Å². The number of rotatable bonds is 3. The number of fused-ring (bicyclic) bond motifs is 5. The summed E-state index contributed by atoms with van der Waals surface area (Å²) >= 11 is 0. The molecule has 0 saturated carbocycles. The van der Waals surface area contributed by atoms with Gasteiger partial charge in [-0.15, -0.1) is 0 Å². The van der Waals surface area contributed by atoms with Crippen LogP contribution in [0.1, 0.15) is 50.0 Å². The third-order valence-corrected chi connectivity index (χ3v) is 5.26. The molecule has 4 rings (SSSR count). The van der Waals surface area contributed by atoms with Crippen molar-refractivity contribution >= 4 is 11.5 Å². The Balaban J connectivity index is 1.91. The third-order valence-electron chi connectivity index (χ3n) is 5.26. The van der Waals surface area contributed by atoms with Gasteiger partial charge in [-0.05, 0) is 42.2 Å². The van der Waals surface area contributed by atoms with E-state index in [1.165, 1.54) is 23.6 Å². The Morgan fingerprint density at radius 2 is 1.80 bits per heavy atom. The van der Waals surface area contributed by atoms with Crippen molar-refractivity contribution in [2.75, 3.05) is 0 Å². The first-order valence-electron chi connectivity index (χ1n) is 8.67. The van der Waals surface area contributed by atoms with Crippen LogP contribution in [0.3, 0.4) is 0 Å². The number of hydrogen-bond acceptors (Lipinski definition) is 3. The highest BCUT2D eigenvalue weighted by atomic mass is 16.6. The number of ether oxygens (including phenoxy) is 2. The van der Waals surface area contributed by atoms with E-state index < -0.39 is 11.2 Å². The quantitative estimate of drug-likeness (QED) is 0.758. The second-order valence-corrected chi connectivity index (χ2v) is 7.27. The predicted octanol–water partition coefficient (Wildman–Crippen LogP) is 4.78. The van der Waals surface area contributed by atoms with E-state index in [0.717, 1.165) is 12.0 Å². The van der Waals surface area contributed by atoms with Crippen LogP contribution in [0.2, 0.25) is 0 Å². The van der Waals surface area contributed by atoms with Crippen LogP contribution in [-0.2, 0) is 19.9 Å². The molecule has 0 N–H and O–H groups in total. The summed E-state index contributed by atoms with van der Waals surface area (Å²) in [5.74, 6) is -0.302. The van der Waals surface area contributed by atoms with Crippen molar-refractivity contribution in [2.24, 2.45) is 0 Å². The van der Waals surface area contributed by atoms with Crippen molar-refractivity contribution in [2.45, 2.75) is 44.5 Å². The van der Waals surface area contributed by atoms with Gasteiger partial charge in [-0.3, -0.25) is 4.79 Å². The summed E-state index contributed by atoms with van der Waals surface area (Å²) in [5, 5.41) is 0. The number of carbonyl (C=O) groups excluding carboxylic acids is 1. The van der Waals surface area contributed by atoms with Gasteiger partial charge in [-0.25, -0.2) is 0 Å². The minimum absolute atomic E-state index is 0.0220. The lowest BCUT2D eigenvalue weighted by molar-refractivity contribution is -0.195. The lowest BCUT2D eigenvalue weighted by atomic mass is 9.77. The van der Waals surface area contributed by atoms with E-state index in [9.17, 15) is 4.79 Å². The summed E-state index contributed by atoms with van der Waals surface area (Å²) in [7, 11) is 0. The summed E-state index contributed by atoms with van der Waals surface area (Å²) < 4.78 is 12.2. The van der Waals surface area contributed by atoms with Gasteiger partial charge in [0, 0.05) is 13.3 Å². The van der Waals surface area contributed by atoms with Crippen LogP contribution in [0.4, 0.5) is 0 Å². The van der Waals surface area contributed by atoms with Gasteiger partial charge in [0.25, 0.3) is 0 Å². The SMILES string of the molecule is CC(=O)OC(C)(C)[C@]12C=C(c3ccccc3)C[C@H](O1)c1ccccc12. The standard InChI is InChI=1S/C22H22O3/c1-15(23)24-21(2,3)22-14-17(16-9-5-4-6-10-16)13-20(25-22)18-11-7-8-12-19(18)22/h4-12,14,20H,13H2,1-3H3/t20-,22+/m0/s1. The van der Waals surface area contributed by atoms with Gasteiger partial charge in [0.15, 0.2) is 5.60 Å². The number of benzene rings is 2. The first-order chi connectivity index (χ1) is 11.9. The maximum Gasteiger partial charge on any atom is 0.303 e. The zero-order valence-electron chi connectivity index (χ0n) is 14.8. The van der Waals surface area contributed by atoms with E-state index in [-0.39, 0.29) is 12.1 Å². The molecule has 2 heterocycles. The van der Waals surface area contributed by atoms with E-state index >= 15 is 0 Å². The topological polar surface area (TPSA) is 35.5 Å². The van der Waals surface area contributed by atoms with Gasteiger partial charge in [-0.2, -0.15) is 0 Å². The number of carbonyl (C=O) groups is 1. The molecular formula is C22H22O3. The van der Waals surface area contributed by atoms with E-state index in [1.807, 2.05) is 44.2 Å². The molecule has 128 valence electrons. The summed E-state index contributed by atoms with van der Waals surface area (Å²) in [5.41, 5.74) is 3.11. The number of esters is 1. The molecule has 2 aliphatic heterocycles. The van der Waals surface area contributed by atoms with Crippen LogP contribution in [0.25, 0.3) is 5.57 Å². The fourth-order valence-corrected chi connectivity index (χ4v) is 4.16. The maximum absolute atomic E-state index is 11.7. The van der Waals surface area contributed by atoms with Crippen molar-refractivity contribution in [1.82, 2.24) is 0 Å². The molecule has 0 aromatic heterocycles. The molecule has 0 aliphatic carbocycles. The van der Waals surface area contributed by atoms with Crippen LogP contribution in [0.15, 0.2) is 60.7 Å². The lowest BCUT2D eigenvalue weighted by Crippen LogP contribution is -2.50. The molecule has 0 saturated heterocycles. The van der Waals surface area contributed by atoms with Gasteiger partial charge in [-0.1, -0.05) is 54.6 Å². The average Bonchev–Trinajstić information content (AvgIpc) is 2.84. The van der Waals surface area contributed by atoms with Gasteiger partial charge < -0.3 is 9.47 Å². The highest BCUT2D eigenvalue weighted by Crippen LogP contribution is 2.57. The van der Waals surface area contributed by atoms with Crippen LogP contribution < -0.4 is 0 Å². The monoisotopic (exact) mass is 334 g/mol. The highest BCUT2D eigenvalue weighted by Gasteiger charge is 2.57. The lowest BCUT2D eigenvalue weighted by Gasteiger charge is -2.43. The Labute approximate surface area is 148 Å². The fraction of sp³-hybridized carbons (Fsp3) is 0.318. The zero-order valence-corrected chi connectivity index (χ0v) is 14.8. The van der Waals surface area contributed by atoms with E-state index in [1.54, 1.807) is 0 Å². The molecule has 0 unspecified atom stereocenters. The van der Waals surface area contributed by atoms with Gasteiger partial charge >= 0.3 is 5.97 Å². The number of hydrogen-bond donors (Lipinski definition) is 0. The highest BCUT2D eigenvalue weighted by molar-refractivity contribution is 5.72. The van der Waals surface area contributed by atoms with Gasteiger partial charge in [0.1, 0.15) is 5.60 Å². The van der Waals surface area contributed by atoms with Crippen molar-refractivity contribution < 1.29 is 14.3 Å². The van der Waals surface area contributed by atoms with Gasteiger partial charge in [0.2, 0.25) is 0 Å². The second kappa shape index (κ2) is 5.57. The molecule has 3 nitrogen and oxygen atoms in total. The summed E-state index contributed by atoms with van der Waals surface area (Å²) in [6, 6.07) is 18.6. The molecule has 0 fully saturated rings. The first-order valence-corrected chi connectivity index (χ1v) is 8.67. The smallest absolute Gasteiger partial charge is 0.303 e. The molecule has 2 atom stereocenters. The summed E-state index contributed by atoms with van der Waals surface area (Å²) in [4.78, 5) is 11.7. The second-order valence-electron chi connectivity index (χ2n) is 7.27. The third kappa shape index (κ3) is 2.42. The van der Waals surface area contributed by atoms with E-state index in [2.05, 4.69) is 30.3 Å². The molecular weight excluding hydrogens is 312 g/mol. The van der Waals surface area contributed by atoms with Crippen LogP contribution >= 0.6 is 0 Å². The Morgan fingerprint density at radius 1 is 1.12 bits per heavy atom. The maximum atomic E-state index is 11.7. The van der Waals surface area contributed by atoms with Gasteiger partial charge in [0.05, 0.1) is 6.10 Å². The molecule has 3 heteroatoms. The van der Waals surface area contributed by atoms with Crippen molar-refractivity contribution in [3.63, 3.8) is 0 Å². The van der Waals surface area contributed by atoms with Crippen LogP contribution in [0.5, 0.6) is 0 Å². The Kier molecular flexibility index (Phi) is 3.58. The van der Waals surface area contributed by atoms with E-state index in [4.69, 9.17) is 9.47 Å². The summed E-state index contributed by atoms with van der Waals surface area (Å²) in [6.07, 6.45) is 2.96. The minimum Gasteiger partial charge on any atom is -0.456 e. The molecule has 25 heavy (non-hydrogen) atoms. The molecule has 2 aromatic carbocycles. The Hall–Kier alpha value is -2.39. The average molecular weight is 334 g/mol. The Morgan fingerprint density at radius 3 is 2.52 bits per heavy atom. The van der Waals surface area contributed by atoms with Crippen LogP contribution in [-0.4, -0.2) is 11.6 Å². The molecule has 0 amide bonds. The fourth-order valence-electron chi connectivity index (χ4n) is 4.16. The summed E-state index contributed by atoms with van der Waals surface area (Å²) in [6.45, 7) is 5.30.